The molecule has 0 radical (unpaired) electrons. The maximum absolute atomic E-state index is 11.6. The topological polar surface area (TPSA) is 69.6 Å². The molecule has 2 heterocycles. The largest absolute Gasteiger partial charge is 0.481 e. The van der Waals surface area contributed by atoms with E-state index in [0.29, 0.717) is 25.3 Å². The molecule has 6 heteroatoms. The zero-order valence-corrected chi connectivity index (χ0v) is 12.3. The number of rotatable bonds is 5. The van der Waals surface area contributed by atoms with Gasteiger partial charge in [0.1, 0.15) is 5.82 Å². The van der Waals surface area contributed by atoms with E-state index in [9.17, 15) is 9.90 Å². The lowest BCUT2D eigenvalue weighted by molar-refractivity contribution is -0.148. The minimum atomic E-state index is -0.691. The van der Waals surface area contributed by atoms with Crippen LogP contribution in [0.4, 0.5) is 11.8 Å². The summed E-state index contributed by atoms with van der Waals surface area (Å²) in [4.78, 5) is 24.2. The van der Waals surface area contributed by atoms with E-state index in [1.165, 1.54) is 0 Å². The fraction of sp³-hybridized carbons (Fsp3) is 0.643. The Balaban J connectivity index is 2.20. The van der Waals surface area contributed by atoms with Crippen molar-refractivity contribution < 1.29 is 9.90 Å². The third-order valence-electron chi connectivity index (χ3n) is 3.89. The fourth-order valence-corrected chi connectivity index (χ4v) is 2.76. The highest BCUT2D eigenvalue weighted by Crippen LogP contribution is 2.37. The number of anilines is 2. The number of hydrogen-bond acceptors (Lipinski definition) is 5. The van der Waals surface area contributed by atoms with Crippen LogP contribution in [-0.4, -0.2) is 48.2 Å². The Morgan fingerprint density at radius 1 is 1.55 bits per heavy atom. The van der Waals surface area contributed by atoms with Crippen LogP contribution >= 0.6 is 0 Å². The molecule has 0 aliphatic carbocycles. The van der Waals surface area contributed by atoms with Crippen molar-refractivity contribution in [3.05, 3.63) is 12.3 Å². The maximum atomic E-state index is 11.6. The summed E-state index contributed by atoms with van der Waals surface area (Å²) in [6.07, 6.45) is 3.99. The predicted molar refractivity (Wildman–Crippen MR) is 78.2 cm³/mol. The van der Waals surface area contributed by atoms with Gasteiger partial charge in [0, 0.05) is 33.4 Å². The lowest BCUT2D eigenvalue weighted by Crippen LogP contribution is -2.35. The van der Waals surface area contributed by atoms with Gasteiger partial charge in [0.05, 0.1) is 5.41 Å². The molecule has 0 spiro atoms. The number of carboxylic acid groups (broad SMARTS) is 1. The van der Waals surface area contributed by atoms with Crippen molar-refractivity contribution in [3.63, 3.8) is 0 Å². The van der Waals surface area contributed by atoms with Crippen molar-refractivity contribution in [1.82, 2.24) is 9.97 Å². The van der Waals surface area contributed by atoms with Crippen molar-refractivity contribution in [2.75, 3.05) is 37.0 Å². The smallest absolute Gasteiger partial charge is 0.311 e. The van der Waals surface area contributed by atoms with Crippen molar-refractivity contribution in [2.24, 2.45) is 5.41 Å². The summed E-state index contributed by atoms with van der Waals surface area (Å²) in [7, 11) is 3.78. The Morgan fingerprint density at radius 3 is 2.90 bits per heavy atom. The van der Waals surface area contributed by atoms with Gasteiger partial charge in [0.15, 0.2) is 0 Å². The average molecular weight is 278 g/mol. The third-order valence-corrected chi connectivity index (χ3v) is 3.89. The summed E-state index contributed by atoms with van der Waals surface area (Å²) in [5, 5.41) is 9.53. The highest BCUT2D eigenvalue weighted by Gasteiger charge is 2.44. The van der Waals surface area contributed by atoms with Crippen LogP contribution in [0, 0.1) is 5.41 Å². The molecule has 1 N–H and O–H groups in total. The fourth-order valence-electron chi connectivity index (χ4n) is 2.76. The second-order valence-electron chi connectivity index (χ2n) is 5.62. The molecule has 1 saturated heterocycles. The molecule has 0 saturated carbocycles. The van der Waals surface area contributed by atoms with Gasteiger partial charge in [0.25, 0.3) is 0 Å². The molecule has 0 amide bonds. The summed E-state index contributed by atoms with van der Waals surface area (Å²) in [6, 6.07) is 1.84. The van der Waals surface area contributed by atoms with Gasteiger partial charge in [0.2, 0.25) is 5.95 Å². The zero-order valence-electron chi connectivity index (χ0n) is 12.3. The second kappa shape index (κ2) is 5.64. The number of carboxylic acids is 1. The van der Waals surface area contributed by atoms with Crippen LogP contribution in [0.2, 0.25) is 0 Å². The van der Waals surface area contributed by atoms with E-state index in [1.54, 1.807) is 6.20 Å². The Morgan fingerprint density at radius 2 is 2.30 bits per heavy atom. The van der Waals surface area contributed by atoms with Crippen molar-refractivity contribution in [1.29, 1.82) is 0 Å². The Hall–Kier alpha value is -1.85. The van der Waals surface area contributed by atoms with E-state index >= 15 is 0 Å². The van der Waals surface area contributed by atoms with Gasteiger partial charge < -0.3 is 14.9 Å². The van der Waals surface area contributed by atoms with Crippen LogP contribution in [0.1, 0.15) is 26.2 Å². The molecular weight excluding hydrogens is 256 g/mol. The first-order valence-electron chi connectivity index (χ1n) is 6.97. The van der Waals surface area contributed by atoms with E-state index < -0.39 is 11.4 Å². The van der Waals surface area contributed by atoms with Crippen LogP contribution in [0.5, 0.6) is 0 Å². The Bertz CT molecular complexity index is 492. The molecule has 20 heavy (non-hydrogen) atoms. The maximum Gasteiger partial charge on any atom is 0.311 e. The molecule has 110 valence electrons. The highest BCUT2D eigenvalue weighted by molar-refractivity contribution is 5.76. The van der Waals surface area contributed by atoms with E-state index in [1.807, 2.05) is 32.0 Å². The number of hydrogen-bond donors (Lipinski definition) is 1. The highest BCUT2D eigenvalue weighted by atomic mass is 16.4. The molecule has 1 unspecified atom stereocenters. The molecule has 1 atom stereocenters. The molecule has 1 aliphatic heterocycles. The summed E-state index contributed by atoms with van der Waals surface area (Å²) >= 11 is 0. The summed E-state index contributed by atoms with van der Waals surface area (Å²) in [6.45, 7) is 3.29. The van der Waals surface area contributed by atoms with E-state index in [4.69, 9.17) is 0 Å². The van der Waals surface area contributed by atoms with Gasteiger partial charge in [-0.05, 0) is 18.9 Å². The quantitative estimate of drug-likeness (QED) is 0.882. The van der Waals surface area contributed by atoms with E-state index in [-0.39, 0.29) is 0 Å². The lowest BCUT2D eigenvalue weighted by atomic mass is 9.83. The molecule has 0 bridgehead atoms. The first kappa shape index (κ1) is 14.6. The molecule has 6 nitrogen and oxygen atoms in total. The molecule has 1 aromatic heterocycles. The van der Waals surface area contributed by atoms with Crippen molar-refractivity contribution >= 4 is 17.7 Å². The van der Waals surface area contributed by atoms with Crippen molar-refractivity contribution in [3.8, 4) is 0 Å². The number of nitrogens with zero attached hydrogens (tertiary/aromatic N) is 4. The van der Waals surface area contributed by atoms with Gasteiger partial charge in [-0.1, -0.05) is 13.3 Å². The van der Waals surface area contributed by atoms with Crippen LogP contribution < -0.4 is 9.80 Å². The second-order valence-corrected chi connectivity index (χ2v) is 5.62. The molecule has 0 aromatic carbocycles. The molecule has 1 fully saturated rings. The van der Waals surface area contributed by atoms with Gasteiger partial charge in [-0.15, -0.1) is 0 Å². The average Bonchev–Trinajstić information content (AvgIpc) is 2.85. The van der Waals surface area contributed by atoms with Crippen LogP contribution in [0.15, 0.2) is 12.3 Å². The van der Waals surface area contributed by atoms with Crippen LogP contribution in [-0.2, 0) is 4.79 Å². The molecule has 1 aliphatic rings. The molecule has 2 rings (SSSR count). The number of aromatic nitrogens is 2. The van der Waals surface area contributed by atoms with Gasteiger partial charge in [-0.2, -0.15) is 4.98 Å². The first-order chi connectivity index (χ1) is 9.48. The van der Waals surface area contributed by atoms with E-state index in [0.717, 1.165) is 18.8 Å². The van der Waals surface area contributed by atoms with Crippen LogP contribution in [0.25, 0.3) is 0 Å². The minimum Gasteiger partial charge on any atom is -0.481 e. The SMILES string of the molecule is CCCC1(C(=O)O)CCN(c2ccnc(N(C)C)n2)C1. The first-order valence-corrected chi connectivity index (χ1v) is 6.97. The normalized spacial score (nSPS) is 22.1. The Labute approximate surface area is 119 Å². The lowest BCUT2D eigenvalue weighted by Gasteiger charge is -2.25. The molecular formula is C14H22N4O2. The third kappa shape index (κ3) is 2.69. The van der Waals surface area contributed by atoms with Gasteiger partial charge in [-0.25, -0.2) is 4.98 Å². The zero-order chi connectivity index (χ0) is 14.8. The summed E-state index contributed by atoms with van der Waals surface area (Å²) < 4.78 is 0. The predicted octanol–water partition coefficient (Wildman–Crippen LogP) is 1.62. The van der Waals surface area contributed by atoms with Gasteiger partial charge in [-0.3, -0.25) is 4.79 Å². The number of aliphatic carboxylic acids is 1. The van der Waals surface area contributed by atoms with E-state index in [2.05, 4.69) is 14.9 Å². The summed E-state index contributed by atoms with van der Waals surface area (Å²) in [5.41, 5.74) is -0.627. The Kier molecular flexibility index (Phi) is 4.11. The van der Waals surface area contributed by atoms with Crippen LogP contribution in [0.3, 0.4) is 0 Å². The standard InChI is InChI=1S/C14H22N4O2/c1-4-6-14(12(19)20)7-9-18(10-14)11-5-8-15-13(16-11)17(2)3/h5,8H,4,6-7,9-10H2,1-3H3,(H,19,20). The summed E-state index contributed by atoms with van der Waals surface area (Å²) in [5.74, 6) is 0.762. The molecule has 1 aromatic rings. The monoisotopic (exact) mass is 278 g/mol. The van der Waals surface area contributed by atoms with Crippen molar-refractivity contribution in [2.45, 2.75) is 26.2 Å². The van der Waals surface area contributed by atoms with Gasteiger partial charge >= 0.3 is 5.97 Å². The minimum absolute atomic E-state index is 0.528. The number of carbonyl (C=O) groups is 1.